The number of hydrogen-bond donors (Lipinski definition) is 0. The van der Waals surface area contributed by atoms with Crippen LogP contribution < -0.4 is 0 Å². The first-order valence-electron chi connectivity index (χ1n) is 8.72. The number of benzene rings is 1. The van der Waals surface area contributed by atoms with Crippen molar-refractivity contribution in [1.82, 2.24) is 9.88 Å². The van der Waals surface area contributed by atoms with Crippen LogP contribution in [0.1, 0.15) is 41.8 Å². The van der Waals surface area contributed by atoms with Crippen LogP contribution in [0.4, 0.5) is 0 Å². The van der Waals surface area contributed by atoms with E-state index in [1.807, 2.05) is 37.6 Å². The SMILES string of the molecule is CCCCc1oc2ccccc2c1CN(C)C(=O)Cc1csc(C)n1. The third-order valence-electron chi connectivity index (χ3n) is 4.36. The summed E-state index contributed by atoms with van der Waals surface area (Å²) in [6.07, 6.45) is 3.46. The van der Waals surface area contributed by atoms with Gasteiger partial charge in [0.2, 0.25) is 5.91 Å². The van der Waals surface area contributed by atoms with E-state index in [1.165, 1.54) is 0 Å². The standard InChI is InChI=1S/C20H24N2O2S/c1-4-5-9-19-17(16-8-6-7-10-18(16)24-19)12-22(3)20(23)11-15-13-25-14(2)21-15/h6-8,10,13H,4-5,9,11-12H2,1-3H3. The Morgan fingerprint density at radius 3 is 2.84 bits per heavy atom. The van der Waals surface area contributed by atoms with Crippen molar-refractivity contribution >= 4 is 28.2 Å². The number of thiazole rings is 1. The number of carbonyl (C=O) groups is 1. The maximum Gasteiger partial charge on any atom is 0.228 e. The van der Waals surface area contributed by atoms with Crippen molar-refractivity contribution in [3.63, 3.8) is 0 Å². The molecule has 0 aliphatic rings. The summed E-state index contributed by atoms with van der Waals surface area (Å²) in [7, 11) is 1.85. The molecule has 0 radical (unpaired) electrons. The van der Waals surface area contributed by atoms with E-state index in [4.69, 9.17) is 4.42 Å². The van der Waals surface area contributed by atoms with Gasteiger partial charge in [-0.1, -0.05) is 31.5 Å². The monoisotopic (exact) mass is 356 g/mol. The Labute approximate surface area is 152 Å². The Morgan fingerprint density at radius 1 is 1.32 bits per heavy atom. The number of rotatable bonds is 7. The summed E-state index contributed by atoms with van der Waals surface area (Å²) in [5.74, 6) is 1.09. The summed E-state index contributed by atoms with van der Waals surface area (Å²) >= 11 is 1.58. The van der Waals surface area contributed by atoms with Gasteiger partial charge in [-0.3, -0.25) is 4.79 Å². The van der Waals surface area contributed by atoms with Gasteiger partial charge in [0.05, 0.1) is 17.1 Å². The first kappa shape index (κ1) is 17.7. The molecule has 0 saturated heterocycles. The summed E-state index contributed by atoms with van der Waals surface area (Å²) in [5.41, 5.74) is 2.89. The minimum atomic E-state index is 0.0806. The molecule has 0 aliphatic heterocycles. The zero-order valence-electron chi connectivity index (χ0n) is 15.0. The molecule has 25 heavy (non-hydrogen) atoms. The molecule has 4 nitrogen and oxygen atoms in total. The number of para-hydroxylation sites is 1. The van der Waals surface area contributed by atoms with Gasteiger partial charge in [-0.2, -0.15) is 0 Å². The highest BCUT2D eigenvalue weighted by Gasteiger charge is 2.18. The zero-order chi connectivity index (χ0) is 17.8. The maximum absolute atomic E-state index is 12.6. The summed E-state index contributed by atoms with van der Waals surface area (Å²) in [4.78, 5) is 18.7. The number of hydrogen-bond acceptors (Lipinski definition) is 4. The molecule has 0 bridgehead atoms. The predicted octanol–water partition coefficient (Wildman–Crippen LogP) is 4.74. The van der Waals surface area contributed by atoms with Crippen molar-refractivity contribution in [3.05, 3.63) is 51.7 Å². The second kappa shape index (κ2) is 7.83. The molecule has 0 atom stereocenters. The molecule has 1 aromatic carbocycles. The van der Waals surface area contributed by atoms with Crippen LogP contribution in [-0.2, 0) is 24.2 Å². The Balaban J connectivity index is 1.79. The van der Waals surface area contributed by atoms with Gasteiger partial charge in [0.25, 0.3) is 0 Å². The lowest BCUT2D eigenvalue weighted by molar-refractivity contribution is -0.129. The zero-order valence-corrected chi connectivity index (χ0v) is 15.9. The van der Waals surface area contributed by atoms with E-state index in [2.05, 4.69) is 18.0 Å². The molecule has 2 heterocycles. The van der Waals surface area contributed by atoms with Crippen molar-refractivity contribution in [2.75, 3.05) is 7.05 Å². The van der Waals surface area contributed by atoms with Gasteiger partial charge in [0.1, 0.15) is 11.3 Å². The van der Waals surface area contributed by atoms with Gasteiger partial charge in [0.15, 0.2) is 0 Å². The van der Waals surface area contributed by atoms with E-state index in [1.54, 1.807) is 16.2 Å². The fourth-order valence-corrected chi connectivity index (χ4v) is 3.58. The van der Waals surface area contributed by atoms with Gasteiger partial charge in [-0.25, -0.2) is 4.98 Å². The average Bonchev–Trinajstić information content (AvgIpc) is 3.16. The predicted molar refractivity (Wildman–Crippen MR) is 102 cm³/mol. The largest absolute Gasteiger partial charge is 0.461 e. The van der Waals surface area contributed by atoms with E-state index in [0.29, 0.717) is 13.0 Å². The van der Waals surface area contributed by atoms with Crippen LogP contribution in [0.3, 0.4) is 0 Å². The minimum Gasteiger partial charge on any atom is -0.461 e. The normalized spacial score (nSPS) is 11.2. The molecule has 0 fully saturated rings. The number of aryl methyl sites for hydroxylation is 2. The van der Waals surface area contributed by atoms with E-state index >= 15 is 0 Å². The minimum absolute atomic E-state index is 0.0806. The molecule has 132 valence electrons. The third-order valence-corrected chi connectivity index (χ3v) is 5.18. The quantitative estimate of drug-likeness (QED) is 0.614. The van der Waals surface area contributed by atoms with Crippen molar-refractivity contribution in [2.24, 2.45) is 0 Å². The highest BCUT2D eigenvalue weighted by Crippen LogP contribution is 2.28. The number of unbranched alkanes of at least 4 members (excludes halogenated alkanes) is 1. The summed E-state index contributed by atoms with van der Waals surface area (Å²) < 4.78 is 6.05. The van der Waals surface area contributed by atoms with E-state index < -0.39 is 0 Å². The molecule has 0 saturated carbocycles. The van der Waals surface area contributed by atoms with Crippen LogP contribution in [0.2, 0.25) is 0 Å². The molecule has 0 aliphatic carbocycles. The van der Waals surface area contributed by atoms with Crippen LogP contribution in [0, 0.1) is 6.92 Å². The number of aromatic nitrogens is 1. The van der Waals surface area contributed by atoms with Gasteiger partial charge >= 0.3 is 0 Å². The Bertz CT molecular complexity index is 866. The van der Waals surface area contributed by atoms with E-state index in [0.717, 1.165) is 52.3 Å². The Hall–Kier alpha value is -2.14. The molecular weight excluding hydrogens is 332 g/mol. The number of carbonyl (C=O) groups excluding carboxylic acids is 1. The van der Waals surface area contributed by atoms with Gasteiger partial charge in [-0.05, 0) is 19.4 Å². The smallest absolute Gasteiger partial charge is 0.228 e. The molecule has 5 heteroatoms. The topological polar surface area (TPSA) is 46.3 Å². The van der Waals surface area contributed by atoms with Crippen LogP contribution >= 0.6 is 11.3 Å². The molecule has 2 aromatic heterocycles. The van der Waals surface area contributed by atoms with Crippen molar-refractivity contribution in [1.29, 1.82) is 0 Å². The summed E-state index contributed by atoms with van der Waals surface area (Å²) in [6, 6.07) is 8.07. The number of likely N-dealkylation sites (N-methyl/N-ethyl adjacent to an activating group) is 1. The van der Waals surface area contributed by atoms with Crippen LogP contribution in [0.25, 0.3) is 11.0 Å². The molecule has 0 spiro atoms. The first-order valence-corrected chi connectivity index (χ1v) is 9.60. The fourth-order valence-electron chi connectivity index (χ4n) is 2.97. The van der Waals surface area contributed by atoms with Crippen LogP contribution in [-0.4, -0.2) is 22.8 Å². The molecule has 3 aromatic rings. The number of fused-ring (bicyclic) bond motifs is 1. The van der Waals surface area contributed by atoms with Crippen molar-refractivity contribution < 1.29 is 9.21 Å². The molecule has 0 unspecified atom stereocenters. The van der Waals surface area contributed by atoms with Gasteiger partial charge in [-0.15, -0.1) is 11.3 Å². The lowest BCUT2D eigenvalue weighted by Gasteiger charge is -2.17. The number of nitrogens with zero attached hydrogens (tertiary/aromatic N) is 2. The Morgan fingerprint density at radius 2 is 2.12 bits per heavy atom. The number of amides is 1. The second-order valence-corrected chi connectivity index (χ2v) is 7.45. The van der Waals surface area contributed by atoms with Crippen LogP contribution in [0.15, 0.2) is 34.1 Å². The van der Waals surface area contributed by atoms with Gasteiger partial charge in [0, 0.05) is 36.3 Å². The van der Waals surface area contributed by atoms with E-state index in [-0.39, 0.29) is 5.91 Å². The molecular formula is C20H24N2O2S. The highest BCUT2D eigenvalue weighted by atomic mass is 32.1. The lowest BCUT2D eigenvalue weighted by atomic mass is 10.1. The third kappa shape index (κ3) is 4.10. The molecule has 1 amide bonds. The fraction of sp³-hybridized carbons (Fsp3) is 0.400. The molecule has 0 N–H and O–H groups in total. The first-order chi connectivity index (χ1) is 12.1. The maximum atomic E-state index is 12.6. The second-order valence-electron chi connectivity index (χ2n) is 6.39. The lowest BCUT2D eigenvalue weighted by Crippen LogP contribution is -2.28. The van der Waals surface area contributed by atoms with Crippen molar-refractivity contribution in [2.45, 2.75) is 46.1 Å². The summed E-state index contributed by atoms with van der Waals surface area (Å²) in [6.45, 7) is 4.70. The molecule has 3 rings (SSSR count). The average molecular weight is 356 g/mol. The summed E-state index contributed by atoms with van der Waals surface area (Å²) in [5, 5.41) is 4.06. The number of furan rings is 1. The van der Waals surface area contributed by atoms with E-state index in [9.17, 15) is 4.79 Å². The van der Waals surface area contributed by atoms with Gasteiger partial charge < -0.3 is 9.32 Å². The van der Waals surface area contributed by atoms with Crippen LogP contribution in [0.5, 0.6) is 0 Å². The highest BCUT2D eigenvalue weighted by molar-refractivity contribution is 7.09. The Kier molecular flexibility index (Phi) is 5.53. The van der Waals surface area contributed by atoms with Crippen molar-refractivity contribution in [3.8, 4) is 0 Å².